The number of aromatic amines is 1. The van der Waals surface area contributed by atoms with Crippen LogP contribution in [0.4, 0.5) is 14.5 Å². The van der Waals surface area contributed by atoms with Gasteiger partial charge < -0.3 is 10.4 Å². The Hall–Kier alpha value is -3.35. The van der Waals surface area contributed by atoms with Crippen molar-refractivity contribution in [3.05, 3.63) is 41.4 Å². The number of nitriles is 1. The fourth-order valence-corrected chi connectivity index (χ4v) is 1.47. The van der Waals surface area contributed by atoms with Gasteiger partial charge in [0.1, 0.15) is 28.8 Å². The van der Waals surface area contributed by atoms with Crippen LogP contribution in [0.25, 0.3) is 5.57 Å². The molecule has 0 aliphatic rings. The van der Waals surface area contributed by atoms with E-state index in [4.69, 9.17) is 10.4 Å². The predicted octanol–water partition coefficient (Wildman–Crippen LogP) is 1.15. The Morgan fingerprint density at radius 3 is 2.71 bits per heavy atom. The molecule has 0 saturated heterocycles. The molecule has 1 aromatic carbocycles. The van der Waals surface area contributed by atoms with Gasteiger partial charge in [0.15, 0.2) is 0 Å². The molecule has 8 nitrogen and oxygen atoms in total. The lowest BCUT2D eigenvalue weighted by molar-refractivity contribution is 0.0692. The lowest BCUT2D eigenvalue weighted by Gasteiger charge is -2.08. The van der Waals surface area contributed by atoms with E-state index < -0.39 is 28.9 Å². The third-order valence-corrected chi connectivity index (χ3v) is 2.39. The summed E-state index contributed by atoms with van der Waals surface area (Å²) in [5, 5.41) is 32.5. The number of aromatic nitrogens is 4. The minimum Gasteiger partial charge on any atom is -0.478 e. The topological polar surface area (TPSA) is 128 Å². The molecule has 21 heavy (non-hydrogen) atoms. The van der Waals surface area contributed by atoms with E-state index in [1.807, 2.05) is 0 Å². The first-order valence-electron chi connectivity index (χ1n) is 5.36. The molecule has 3 N–H and O–H groups in total. The largest absolute Gasteiger partial charge is 0.478 e. The number of anilines is 1. The van der Waals surface area contributed by atoms with E-state index in [0.29, 0.717) is 6.07 Å². The highest BCUT2D eigenvalue weighted by Crippen LogP contribution is 2.23. The van der Waals surface area contributed by atoms with E-state index in [-0.39, 0.29) is 11.4 Å². The van der Waals surface area contributed by atoms with Crippen LogP contribution in [0.1, 0.15) is 16.2 Å². The van der Waals surface area contributed by atoms with Crippen LogP contribution in [-0.4, -0.2) is 31.7 Å². The number of allylic oxidation sites excluding steroid dienone is 1. The third-order valence-electron chi connectivity index (χ3n) is 2.39. The van der Waals surface area contributed by atoms with E-state index in [0.717, 1.165) is 12.3 Å². The lowest BCUT2D eigenvalue weighted by atomic mass is 10.1. The van der Waals surface area contributed by atoms with E-state index in [2.05, 4.69) is 25.9 Å². The highest BCUT2D eigenvalue weighted by atomic mass is 19.1. The summed E-state index contributed by atoms with van der Waals surface area (Å²) in [5.41, 5.74) is -1.64. The molecule has 0 unspecified atom stereocenters. The molecule has 0 atom stereocenters. The third kappa shape index (κ3) is 2.81. The Labute approximate surface area is 115 Å². The van der Waals surface area contributed by atoms with Crippen LogP contribution in [0.15, 0.2) is 18.3 Å². The van der Waals surface area contributed by atoms with Crippen LogP contribution >= 0.6 is 0 Å². The zero-order valence-electron chi connectivity index (χ0n) is 10.1. The number of nitrogens with one attached hydrogen (secondary N) is 2. The van der Waals surface area contributed by atoms with Crippen LogP contribution in [0.3, 0.4) is 0 Å². The summed E-state index contributed by atoms with van der Waals surface area (Å²) in [6.07, 6.45) is 0.954. The number of carboxylic acids is 1. The molecular weight excluding hydrogens is 286 g/mol. The van der Waals surface area contributed by atoms with E-state index in [1.54, 1.807) is 6.07 Å². The molecule has 1 heterocycles. The molecule has 0 aliphatic carbocycles. The summed E-state index contributed by atoms with van der Waals surface area (Å²) in [4.78, 5) is 11.0. The van der Waals surface area contributed by atoms with Gasteiger partial charge in [-0.3, -0.25) is 0 Å². The van der Waals surface area contributed by atoms with Gasteiger partial charge in [-0.2, -0.15) is 10.5 Å². The Bertz CT molecular complexity index is 751. The number of tetrazole rings is 1. The zero-order chi connectivity index (χ0) is 15.4. The summed E-state index contributed by atoms with van der Waals surface area (Å²) in [5.74, 6) is -3.84. The highest BCUT2D eigenvalue weighted by molar-refractivity contribution is 5.95. The fraction of sp³-hybridized carbons (Fsp3) is 0. The molecule has 0 spiro atoms. The molecule has 106 valence electrons. The molecule has 0 fully saturated rings. The van der Waals surface area contributed by atoms with Crippen LogP contribution < -0.4 is 5.32 Å². The normalized spacial score (nSPS) is 11.0. The van der Waals surface area contributed by atoms with Crippen molar-refractivity contribution < 1.29 is 18.7 Å². The Morgan fingerprint density at radius 1 is 1.43 bits per heavy atom. The quantitative estimate of drug-likeness (QED) is 0.721. The van der Waals surface area contributed by atoms with Gasteiger partial charge in [0.2, 0.25) is 5.82 Å². The van der Waals surface area contributed by atoms with Crippen molar-refractivity contribution in [2.75, 3.05) is 5.32 Å². The molecule has 10 heteroatoms. The summed E-state index contributed by atoms with van der Waals surface area (Å²) in [7, 11) is 0. The number of hydrogen-bond donors (Lipinski definition) is 3. The first-order chi connectivity index (χ1) is 10.0. The maximum Gasteiger partial charge on any atom is 0.340 e. The van der Waals surface area contributed by atoms with Crippen molar-refractivity contribution in [2.45, 2.75) is 0 Å². The summed E-state index contributed by atoms with van der Waals surface area (Å²) >= 11 is 0. The maximum atomic E-state index is 13.6. The van der Waals surface area contributed by atoms with Gasteiger partial charge in [-0.25, -0.2) is 13.6 Å². The zero-order valence-corrected chi connectivity index (χ0v) is 10.1. The number of carboxylic acid groups (broad SMARTS) is 1. The predicted molar refractivity (Wildman–Crippen MR) is 64.7 cm³/mol. The maximum absolute atomic E-state index is 13.6. The molecule has 0 bridgehead atoms. The number of nitrogens with zero attached hydrogens (tertiary/aromatic N) is 4. The first kappa shape index (κ1) is 14.1. The van der Waals surface area contributed by atoms with Crippen molar-refractivity contribution in [3.63, 3.8) is 0 Å². The average Bonchev–Trinajstić information content (AvgIpc) is 2.96. The molecule has 0 aliphatic heterocycles. The van der Waals surface area contributed by atoms with Gasteiger partial charge in [-0.1, -0.05) is 0 Å². The fourth-order valence-electron chi connectivity index (χ4n) is 1.47. The Morgan fingerprint density at radius 2 is 2.14 bits per heavy atom. The van der Waals surface area contributed by atoms with E-state index in [9.17, 15) is 13.6 Å². The van der Waals surface area contributed by atoms with Crippen molar-refractivity contribution in [2.24, 2.45) is 0 Å². The van der Waals surface area contributed by atoms with Crippen LogP contribution in [0.5, 0.6) is 0 Å². The van der Waals surface area contributed by atoms with Crippen LogP contribution in [-0.2, 0) is 0 Å². The average molecular weight is 292 g/mol. The van der Waals surface area contributed by atoms with Gasteiger partial charge >= 0.3 is 5.97 Å². The lowest BCUT2D eigenvalue weighted by Crippen LogP contribution is -2.08. The molecule has 0 amide bonds. The molecule has 0 radical (unpaired) electrons. The molecule has 2 rings (SSSR count). The SMILES string of the molecule is N#CC(=CNc1c(F)ccc(F)c1C(=O)O)c1nn[nH]n1. The Kier molecular flexibility index (Phi) is 3.85. The van der Waals surface area contributed by atoms with Gasteiger partial charge in [-0.15, -0.1) is 10.2 Å². The van der Waals surface area contributed by atoms with Crippen LogP contribution in [0.2, 0.25) is 0 Å². The van der Waals surface area contributed by atoms with Gasteiger partial charge in [-0.05, 0) is 17.3 Å². The molecule has 1 aromatic heterocycles. The second-order valence-electron chi connectivity index (χ2n) is 3.63. The molecule has 2 aromatic rings. The van der Waals surface area contributed by atoms with Crippen molar-refractivity contribution in [1.82, 2.24) is 20.6 Å². The number of halogens is 2. The first-order valence-corrected chi connectivity index (χ1v) is 5.36. The van der Waals surface area contributed by atoms with E-state index >= 15 is 0 Å². The summed E-state index contributed by atoms with van der Waals surface area (Å²) < 4.78 is 27.1. The second-order valence-corrected chi connectivity index (χ2v) is 3.63. The van der Waals surface area contributed by atoms with Crippen molar-refractivity contribution >= 4 is 17.2 Å². The van der Waals surface area contributed by atoms with Crippen molar-refractivity contribution in [3.8, 4) is 6.07 Å². The minimum absolute atomic E-state index is 0.0845. The second kappa shape index (κ2) is 5.74. The van der Waals surface area contributed by atoms with Gasteiger partial charge in [0, 0.05) is 6.20 Å². The van der Waals surface area contributed by atoms with Crippen molar-refractivity contribution in [1.29, 1.82) is 5.26 Å². The smallest absolute Gasteiger partial charge is 0.340 e. The Balaban J connectivity index is 2.43. The minimum atomic E-state index is -1.65. The summed E-state index contributed by atoms with van der Waals surface area (Å²) in [6, 6.07) is 3.16. The highest BCUT2D eigenvalue weighted by Gasteiger charge is 2.19. The summed E-state index contributed by atoms with van der Waals surface area (Å²) in [6.45, 7) is 0. The number of H-pyrrole nitrogens is 1. The monoisotopic (exact) mass is 292 g/mol. The number of rotatable bonds is 4. The standard InChI is InChI=1S/C11H6F2N6O2/c12-6-1-2-7(13)9(8(6)11(20)21)15-4-5(3-14)10-16-18-19-17-10/h1-2,4,15H,(H,20,21)(H,16,17,18,19). The number of aromatic carboxylic acids is 1. The van der Waals surface area contributed by atoms with E-state index in [1.165, 1.54) is 0 Å². The van der Waals surface area contributed by atoms with Crippen LogP contribution in [0, 0.1) is 23.0 Å². The molecule has 0 saturated carbocycles. The number of carbonyl (C=O) groups is 1. The van der Waals surface area contributed by atoms with Gasteiger partial charge in [0.25, 0.3) is 0 Å². The molecular formula is C11H6F2N6O2. The number of benzene rings is 1. The number of hydrogen-bond acceptors (Lipinski definition) is 6. The van der Waals surface area contributed by atoms with Gasteiger partial charge in [0.05, 0.1) is 5.69 Å².